The maximum Gasteiger partial charge on any atom is 0.319 e. The number of benzene rings is 3. The molecule has 0 aromatic heterocycles. The third-order valence-electron chi connectivity index (χ3n) is 5.67. The second kappa shape index (κ2) is 9.65. The average molecular weight is 446 g/mol. The van der Waals surface area contributed by atoms with Crippen LogP contribution in [0.3, 0.4) is 0 Å². The Balaban J connectivity index is 1.43. The highest BCUT2D eigenvalue weighted by molar-refractivity contribution is 6.07. The Hall–Kier alpha value is -4.00. The second-order valence-electron chi connectivity index (χ2n) is 7.91. The predicted molar refractivity (Wildman–Crippen MR) is 128 cm³/mol. The molecular formula is C26H27N3O4. The molecule has 2 N–H and O–H groups in total. The van der Waals surface area contributed by atoms with E-state index in [1.54, 1.807) is 25.3 Å². The Bertz CT molecular complexity index is 1190. The van der Waals surface area contributed by atoms with Gasteiger partial charge in [0.15, 0.2) is 0 Å². The number of urea groups is 1. The molecule has 1 aliphatic rings. The van der Waals surface area contributed by atoms with Crippen molar-refractivity contribution < 1.29 is 19.1 Å². The quantitative estimate of drug-likeness (QED) is 0.584. The van der Waals surface area contributed by atoms with Gasteiger partial charge in [-0.05, 0) is 54.8 Å². The molecule has 0 saturated heterocycles. The van der Waals surface area contributed by atoms with Crippen molar-refractivity contribution in [1.82, 2.24) is 5.32 Å². The summed E-state index contributed by atoms with van der Waals surface area (Å²) in [6.07, 6.45) is 0.818. The van der Waals surface area contributed by atoms with Gasteiger partial charge in [-0.2, -0.15) is 0 Å². The van der Waals surface area contributed by atoms with Gasteiger partial charge in [-0.25, -0.2) is 4.79 Å². The summed E-state index contributed by atoms with van der Waals surface area (Å²) in [6, 6.07) is 18.4. The van der Waals surface area contributed by atoms with Crippen molar-refractivity contribution in [1.29, 1.82) is 0 Å². The zero-order valence-corrected chi connectivity index (χ0v) is 19.0. The molecule has 33 heavy (non-hydrogen) atoms. The fourth-order valence-corrected chi connectivity index (χ4v) is 3.93. The first kappa shape index (κ1) is 22.2. The summed E-state index contributed by atoms with van der Waals surface area (Å²) in [5, 5.41) is 5.66. The second-order valence-corrected chi connectivity index (χ2v) is 7.91. The first-order valence-corrected chi connectivity index (χ1v) is 10.8. The first-order chi connectivity index (χ1) is 16.0. The molecule has 0 atom stereocenters. The minimum Gasteiger partial charge on any atom is -0.497 e. The maximum atomic E-state index is 13.1. The Morgan fingerprint density at radius 2 is 1.85 bits per heavy atom. The van der Waals surface area contributed by atoms with Gasteiger partial charge in [-0.1, -0.05) is 29.8 Å². The lowest BCUT2D eigenvalue weighted by molar-refractivity contribution is 0.0989. The molecule has 7 nitrogen and oxygen atoms in total. The van der Waals surface area contributed by atoms with Crippen LogP contribution in [0.2, 0.25) is 0 Å². The molecule has 0 spiro atoms. The number of ether oxygens (including phenoxy) is 2. The molecule has 1 heterocycles. The van der Waals surface area contributed by atoms with Crippen LogP contribution in [0, 0.1) is 6.92 Å². The lowest BCUT2D eigenvalue weighted by Gasteiger charge is -2.18. The number of aryl methyl sites for hydroxylation is 1. The first-order valence-electron chi connectivity index (χ1n) is 10.8. The van der Waals surface area contributed by atoms with Crippen molar-refractivity contribution in [2.45, 2.75) is 19.9 Å². The lowest BCUT2D eigenvalue weighted by Crippen LogP contribution is -2.29. The van der Waals surface area contributed by atoms with Crippen LogP contribution in [0.15, 0.2) is 60.7 Å². The molecule has 7 heteroatoms. The van der Waals surface area contributed by atoms with Crippen LogP contribution in [0.4, 0.5) is 16.2 Å². The number of nitrogens with zero attached hydrogens (tertiary/aromatic N) is 1. The van der Waals surface area contributed by atoms with E-state index in [1.165, 1.54) is 7.11 Å². The number of hydrogen-bond donors (Lipinski definition) is 2. The summed E-state index contributed by atoms with van der Waals surface area (Å²) >= 11 is 0. The molecule has 1 aliphatic heterocycles. The van der Waals surface area contributed by atoms with E-state index in [0.717, 1.165) is 28.8 Å². The molecule has 0 aliphatic carbocycles. The number of rotatable bonds is 6. The molecule has 0 radical (unpaired) electrons. The highest BCUT2D eigenvalue weighted by Crippen LogP contribution is 2.31. The number of nitrogens with one attached hydrogen (secondary N) is 2. The molecule has 3 amide bonds. The van der Waals surface area contributed by atoms with Crippen LogP contribution in [-0.4, -0.2) is 32.7 Å². The van der Waals surface area contributed by atoms with E-state index in [-0.39, 0.29) is 11.9 Å². The van der Waals surface area contributed by atoms with E-state index in [1.807, 2.05) is 54.3 Å². The SMILES string of the molecule is COc1ccc(NC(=O)NCc2ccc3c(c2)N(C(=O)c2cccc(C)c2)CC3)c(OC)c1. The standard InChI is InChI=1S/C26H27N3O4/c1-17-5-4-6-20(13-17)25(30)29-12-11-19-8-7-18(14-23(19)29)16-27-26(31)28-22-10-9-21(32-2)15-24(22)33-3/h4-10,13-15H,11-12,16H2,1-3H3,(H2,27,28,31). The number of fused-ring (bicyclic) bond motifs is 1. The van der Waals surface area contributed by atoms with E-state index in [2.05, 4.69) is 10.6 Å². The van der Waals surface area contributed by atoms with Gasteiger partial charge in [0.25, 0.3) is 5.91 Å². The van der Waals surface area contributed by atoms with Gasteiger partial charge in [-0.15, -0.1) is 0 Å². The van der Waals surface area contributed by atoms with Crippen molar-refractivity contribution in [3.05, 3.63) is 82.9 Å². The van der Waals surface area contributed by atoms with E-state index in [4.69, 9.17) is 9.47 Å². The van der Waals surface area contributed by atoms with Gasteiger partial charge in [0, 0.05) is 30.4 Å². The van der Waals surface area contributed by atoms with Crippen molar-refractivity contribution in [2.75, 3.05) is 31.0 Å². The van der Waals surface area contributed by atoms with Gasteiger partial charge >= 0.3 is 6.03 Å². The van der Waals surface area contributed by atoms with E-state index in [0.29, 0.717) is 35.8 Å². The summed E-state index contributed by atoms with van der Waals surface area (Å²) in [4.78, 5) is 27.3. The topological polar surface area (TPSA) is 79.9 Å². The number of carbonyl (C=O) groups is 2. The number of hydrogen-bond acceptors (Lipinski definition) is 4. The van der Waals surface area contributed by atoms with Crippen molar-refractivity contribution in [3.63, 3.8) is 0 Å². The monoisotopic (exact) mass is 445 g/mol. The Morgan fingerprint density at radius 3 is 2.61 bits per heavy atom. The summed E-state index contributed by atoms with van der Waals surface area (Å²) < 4.78 is 10.5. The van der Waals surface area contributed by atoms with E-state index < -0.39 is 0 Å². The van der Waals surface area contributed by atoms with Crippen molar-refractivity contribution >= 4 is 23.3 Å². The minimum absolute atomic E-state index is 0.00750. The molecule has 4 rings (SSSR count). The normalized spacial score (nSPS) is 12.2. The van der Waals surface area contributed by atoms with Crippen molar-refractivity contribution in [2.24, 2.45) is 0 Å². The summed E-state index contributed by atoms with van der Waals surface area (Å²) in [6.45, 7) is 2.95. The number of methoxy groups -OCH3 is 2. The highest BCUT2D eigenvalue weighted by Gasteiger charge is 2.26. The van der Waals surface area contributed by atoms with Gasteiger partial charge in [0.1, 0.15) is 11.5 Å². The zero-order chi connectivity index (χ0) is 23.4. The Kier molecular flexibility index (Phi) is 6.49. The van der Waals surface area contributed by atoms with Gasteiger partial charge in [0.2, 0.25) is 0 Å². The van der Waals surface area contributed by atoms with E-state index in [9.17, 15) is 9.59 Å². The Labute approximate surface area is 193 Å². The minimum atomic E-state index is -0.355. The van der Waals surface area contributed by atoms with Crippen LogP contribution in [0.1, 0.15) is 27.0 Å². The predicted octanol–water partition coefficient (Wildman–Crippen LogP) is 4.54. The summed E-state index contributed by atoms with van der Waals surface area (Å²) in [7, 11) is 3.10. The number of anilines is 2. The number of amides is 3. The molecule has 0 fully saturated rings. The lowest BCUT2D eigenvalue weighted by atomic mass is 10.1. The fourth-order valence-electron chi connectivity index (χ4n) is 3.93. The largest absolute Gasteiger partial charge is 0.497 e. The van der Waals surface area contributed by atoms with E-state index >= 15 is 0 Å². The highest BCUT2D eigenvalue weighted by atomic mass is 16.5. The smallest absolute Gasteiger partial charge is 0.319 e. The average Bonchev–Trinajstić information content (AvgIpc) is 3.25. The third kappa shape index (κ3) is 4.92. The summed E-state index contributed by atoms with van der Waals surface area (Å²) in [5.74, 6) is 1.14. The molecule has 0 bridgehead atoms. The molecule has 0 saturated carbocycles. The molecule has 3 aromatic rings. The number of carbonyl (C=O) groups excluding carboxylic acids is 2. The fraction of sp³-hybridized carbons (Fsp3) is 0.231. The summed E-state index contributed by atoms with van der Waals surface area (Å²) in [5.41, 5.74) is 5.22. The van der Waals surface area contributed by atoms with Gasteiger partial charge in [0.05, 0.1) is 19.9 Å². The molecule has 170 valence electrons. The third-order valence-corrected chi connectivity index (χ3v) is 5.67. The zero-order valence-electron chi connectivity index (χ0n) is 19.0. The Morgan fingerprint density at radius 1 is 1.00 bits per heavy atom. The van der Waals surface area contributed by atoms with Crippen LogP contribution in [-0.2, 0) is 13.0 Å². The van der Waals surface area contributed by atoms with Crippen LogP contribution >= 0.6 is 0 Å². The van der Waals surface area contributed by atoms with Gasteiger partial charge in [-0.3, -0.25) is 4.79 Å². The van der Waals surface area contributed by atoms with Crippen LogP contribution in [0.5, 0.6) is 11.5 Å². The van der Waals surface area contributed by atoms with Crippen LogP contribution < -0.4 is 25.0 Å². The van der Waals surface area contributed by atoms with Crippen molar-refractivity contribution in [3.8, 4) is 11.5 Å². The molecular weight excluding hydrogens is 418 g/mol. The molecule has 3 aromatic carbocycles. The molecule has 0 unspecified atom stereocenters. The maximum absolute atomic E-state index is 13.1. The van der Waals surface area contributed by atoms with Crippen LogP contribution in [0.25, 0.3) is 0 Å². The van der Waals surface area contributed by atoms with Gasteiger partial charge < -0.3 is 25.0 Å².